The molecule has 0 aliphatic heterocycles. The van der Waals surface area contributed by atoms with Crippen LogP contribution in [0.5, 0.6) is 11.5 Å². The molecule has 0 atom stereocenters. The van der Waals surface area contributed by atoms with Crippen LogP contribution in [0.15, 0.2) is 194 Å². The second-order valence-electron chi connectivity index (χ2n) is 14.6. The zero-order valence-corrected chi connectivity index (χ0v) is 36.0. The van der Waals surface area contributed by atoms with Crippen LogP contribution >= 0.6 is 0 Å². The number of para-hydroxylation sites is 2. The van der Waals surface area contributed by atoms with Crippen LogP contribution < -0.4 is 9.30 Å². The van der Waals surface area contributed by atoms with Crippen molar-refractivity contribution in [2.24, 2.45) is 0 Å². The predicted molar refractivity (Wildman–Crippen MR) is 250 cm³/mol. The molecule has 63 heavy (non-hydrogen) atoms. The van der Waals surface area contributed by atoms with Gasteiger partial charge in [-0.3, -0.25) is 4.57 Å². The van der Waals surface area contributed by atoms with Crippen LogP contribution in [0.4, 0.5) is 0 Å². The Hall–Kier alpha value is -7.33. The molecule has 0 saturated heterocycles. The summed E-state index contributed by atoms with van der Waals surface area (Å²) in [5, 5.41) is 1.81. The van der Waals surface area contributed by atoms with Gasteiger partial charge in [-0.05, 0) is 87.1 Å². The molecule has 0 spiro atoms. The molecule has 3 heterocycles. The van der Waals surface area contributed by atoms with Gasteiger partial charge in [-0.1, -0.05) is 152 Å². The van der Waals surface area contributed by atoms with E-state index in [-0.39, 0.29) is 49.0 Å². The summed E-state index contributed by atoms with van der Waals surface area (Å²) in [6, 6.07) is 40.5. The van der Waals surface area contributed by atoms with Crippen molar-refractivity contribution in [1.29, 1.82) is 0 Å². The quantitative estimate of drug-likeness (QED) is 0.107. The Balaban J connectivity index is 0.00000641. The van der Waals surface area contributed by atoms with E-state index in [1.807, 2.05) is 72.2 Å². The van der Waals surface area contributed by atoms with E-state index in [4.69, 9.17) is 26.2 Å². The van der Waals surface area contributed by atoms with Gasteiger partial charge in [-0.15, -0.1) is 29.7 Å². The molecule has 8 aromatic carbocycles. The third-order valence-electron chi connectivity index (χ3n) is 10.9. The molecule has 0 aliphatic carbocycles. The maximum atomic E-state index is 9.05. The standard InChI is InChI=1S/C57H40N4O.Pt/c1-3-40-32-33-58-55(34-40)61-52-31-28-44(41-17-7-4-8-18-41)35-51(52)50-30-29-47(37-54(50)61)62-46-24-14-23-45(36-46)59-38-60(56-39(2)16-13-27-53(56)59)57-48(42-19-9-5-10-20-42)25-15-26-49(57)43-21-11-6-12-22-43;/h4-35H,3H2,1-2H3;/q-2;/i3D2,5D,6D,9D,10D,11D,12D,19D,20D,21D,22D;. The smallest absolute Gasteiger partial charge is 0.268 e. The Kier molecular flexibility index (Phi) is 7.57. The summed E-state index contributed by atoms with van der Waals surface area (Å²) < 4.78 is 116. The van der Waals surface area contributed by atoms with Crippen molar-refractivity contribution < 1.29 is 46.8 Å². The molecule has 0 radical (unpaired) electrons. The number of imidazole rings is 1. The number of benzene rings is 8. The monoisotopic (exact) mass is 1000 g/mol. The van der Waals surface area contributed by atoms with Gasteiger partial charge < -0.3 is 13.9 Å². The van der Waals surface area contributed by atoms with Crippen molar-refractivity contribution in [3.05, 3.63) is 224 Å². The van der Waals surface area contributed by atoms with Crippen molar-refractivity contribution in [3.8, 4) is 62.1 Å². The first-order valence-electron chi connectivity index (χ1n) is 25.9. The Morgan fingerprint density at radius 3 is 2.11 bits per heavy atom. The Morgan fingerprint density at radius 2 is 1.37 bits per heavy atom. The number of rotatable bonds is 9. The number of fused-ring (bicyclic) bond motifs is 4. The van der Waals surface area contributed by atoms with Gasteiger partial charge in [0.15, 0.2) is 0 Å². The minimum absolute atomic E-state index is 0. The minimum atomic E-state index is -1.63. The van der Waals surface area contributed by atoms with Crippen LogP contribution in [0, 0.1) is 25.4 Å². The Labute approximate surface area is 398 Å². The average Bonchev–Trinajstić information content (AvgIpc) is 3.95. The summed E-state index contributed by atoms with van der Waals surface area (Å²) in [6.45, 7) is 3.38. The molecule has 6 heteroatoms. The van der Waals surface area contributed by atoms with Crippen LogP contribution in [-0.2, 0) is 27.4 Å². The molecule has 11 aromatic rings. The number of hydrogen-bond acceptors (Lipinski definition) is 2. The molecule has 3 aromatic heterocycles. The third-order valence-corrected chi connectivity index (χ3v) is 10.9. The van der Waals surface area contributed by atoms with Crippen molar-refractivity contribution in [1.82, 2.24) is 14.1 Å². The van der Waals surface area contributed by atoms with Crippen molar-refractivity contribution in [2.75, 3.05) is 0 Å². The van der Waals surface area contributed by atoms with E-state index in [2.05, 4.69) is 36.7 Å². The summed E-state index contributed by atoms with van der Waals surface area (Å²) in [6.07, 6.45) is 3.39. The normalized spacial score (nSPS) is 14.2. The van der Waals surface area contributed by atoms with E-state index in [9.17, 15) is 0 Å². The van der Waals surface area contributed by atoms with Gasteiger partial charge in [0.05, 0.1) is 30.4 Å². The van der Waals surface area contributed by atoms with Gasteiger partial charge in [0.1, 0.15) is 5.82 Å². The van der Waals surface area contributed by atoms with Crippen molar-refractivity contribution in [2.45, 2.75) is 20.2 Å². The molecular formula is C57H40N4OPt-2. The maximum Gasteiger partial charge on any atom is 0.268 e. The van der Waals surface area contributed by atoms with Gasteiger partial charge in [-0.25, -0.2) is 4.98 Å². The molecule has 0 bridgehead atoms. The van der Waals surface area contributed by atoms with E-state index in [0.717, 1.165) is 33.0 Å². The fourth-order valence-electron chi connectivity index (χ4n) is 8.09. The number of hydrogen-bond donors (Lipinski definition) is 0. The van der Waals surface area contributed by atoms with Crippen LogP contribution in [0.25, 0.3) is 83.4 Å². The second-order valence-corrected chi connectivity index (χ2v) is 14.6. The molecule has 306 valence electrons. The molecule has 0 fully saturated rings. The molecule has 5 nitrogen and oxygen atoms in total. The van der Waals surface area contributed by atoms with E-state index in [0.29, 0.717) is 45.1 Å². The molecule has 0 saturated carbocycles. The average molecular weight is 1000 g/mol. The molecule has 0 amide bonds. The number of aromatic nitrogens is 4. The van der Waals surface area contributed by atoms with Crippen molar-refractivity contribution >= 4 is 32.8 Å². The molecular weight excluding hydrogens is 952 g/mol. The molecule has 0 N–H and O–H groups in total. The SMILES string of the molecule is [2H]c1c([2H])c([2H])c(-c2cccc(-c3c([2H])c([2H])c([2H])c([2H])c3[2H])c2-[n+]2[c-]n(-c3[c-]c(Oc4[c-]c5c(cc4)c4cc(-c6ccccc6)ccc4n5-c4cc(C([2H])([2H])C)ccn4)ccc3)c3cccc(C)c32)c([2H])c1[2H].[Pt]. The maximum absolute atomic E-state index is 9.05. The van der Waals surface area contributed by atoms with Crippen LogP contribution in [0.1, 0.15) is 34.5 Å². The van der Waals surface area contributed by atoms with Crippen LogP contribution in [0.2, 0.25) is 0 Å². The number of aryl methyl sites for hydroxylation is 2. The Bertz CT molecular complexity index is 3990. The second kappa shape index (κ2) is 16.9. The first-order valence-corrected chi connectivity index (χ1v) is 19.9. The fraction of sp³-hybridized carbons (Fsp3) is 0.0526. The fourth-order valence-corrected chi connectivity index (χ4v) is 8.09. The summed E-state index contributed by atoms with van der Waals surface area (Å²) >= 11 is 0. The van der Waals surface area contributed by atoms with E-state index < -0.39 is 66.8 Å². The summed E-state index contributed by atoms with van der Waals surface area (Å²) in [5.41, 5.74) is 6.46. The molecule has 0 unspecified atom stereocenters. The van der Waals surface area contributed by atoms with Crippen molar-refractivity contribution in [3.63, 3.8) is 0 Å². The Morgan fingerprint density at radius 1 is 0.651 bits per heavy atom. The summed E-state index contributed by atoms with van der Waals surface area (Å²) in [5.74, 6) is 1.16. The number of pyridine rings is 1. The molecule has 0 aliphatic rings. The number of nitrogens with zero attached hydrogens (tertiary/aromatic N) is 4. The van der Waals surface area contributed by atoms with Gasteiger partial charge in [0.25, 0.3) is 6.33 Å². The van der Waals surface area contributed by atoms with Gasteiger partial charge in [0.2, 0.25) is 0 Å². The summed E-state index contributed by atoms with van der Waals surface area (Å²) in [7, 11) is 0. The van der Waals surface area contributed by atoms with Gasteiger partial charge in [0, 0.05) is 47.0 Å². The first-order chi connectivity index (χ1) is 35.4. The van der Waals surface area contributed by atoms with Crippen LogP contribution in [-0.4, -0.2) is 14.1 Å². The zero-order valence-electron chi connectivity index (χ0n) is 45.7. The third kappa shape index (κ3) is 7.25. The number of ether oxygens (including phenoxy) is 1. The van der Waals surface area contributed by atoms with Gasteiger partial charge in [-0.2, -0.15) is 18.2 Å². The van der Waals surface area contributed by atoms with E-state index >= 15 is 0 Å². The summed E-state index contributed by atoms with van der Waals surface area (Å²) in [4.78, 5) is 4.71. The van der Waals surface area contributed by atoms with E-state index in [1.165, 1.54) is 6.92 Å². The zero-order chi connectivity index (χ0) is 52.1. The van der Waals surface area contributed by atoms with Crippen LogP contribution in [0.3, 0.4) is 0 Å². The van der Waals surface area contributed by atoms with E-state index in [1.54, 1.807) is 63.9 Å². The minimum Gasteiger partial charge on any atom is -0.510 e. The van der Waals surface area contributed by atoms with Gasteiger partial charge >= 0.3 is 0 Å². The largest absolute Gasteiger partial charge is 0.510 e. The first kappa shape index (κ1) is 28.3. The predicted octanol–water partition coefficient (Wildman–Crippen LogP) is 13.5. The molecule has 11 rings (SSSR count). The topological polar surface area (TPSA) is 35.9 Å².